The van der Waals surface area contributed by atoms with E-state index in [4.69, 9.17) is 24.5 Å². The van der Waals surface area contributed by atoms with Crippen LogP contribution in [-0.2, 0) is 20.7 Å². The van der Waals surface area contributed by atoms with Crippen molar-refractivity contribution >= 4 is 17.4 Å². The van der Waals surface area contributed by atoms with E-state index in [1.807, 2.05) is 38.3 Å². The number of piperidine rings is 1. The fourth-order valence-corrected chi connectivity index (χ4v) is 6.94. The Bertz CT molecular complexity index is 1780. The van der Waals surface area contributed by atoms with Crippen LogP contribution in [0.3, 0.4) is 0 Å². The van der Waals surface area contributed by atoms with Gasteiger partial charge in [0.25, 0.3) is 0 Å². The van der Waals surface area contributed by atoms with Gasteiger partial charge in [-0.1, -0.05) is 31.2 Å². The zero-order valence-corrected chi connectivity index (χ0v) is 28.7. The molecule has 9 nitrogen and oxygen atoms in total. The quantitative estimate of drug-likeness (QED) is 0.173. The van der Waals surface area contributed by atoms with Gasteiger partial charge in [-0.3, -0.25) is 0 Å². The van der Waals surface area contributed by atoms with Crippen LogP contribution in [0.2, 0.25) is 0 Å². The van der Waals surface area contributed by atoms with E-state index in [0.717, 1.165) is 103 Å². The van der Waals surface area contributed by atoms with Crippen molar-refractivity contribution in [1.29, 1.82) is 0 Å². The number of fused-ring (bicyclic) bond motifs is 6. The minimum absolute atomic E-state index is 0.230. The smallest absolute Gasteiger partial charge is 0.339 e. The van der Waals surface area contributed by atoms with Crippen LogP contribution in [-0.4, -0.2) is 55.9 Å². The monoisotopic (exact) mass is 624 g/mol. The number of aromatic nitrogens is 5. The van der Waals surface area contributed by atoms with E-state index >= 15 is 0 Å². The Morgan fingerprint density at radius 1 is 0.978 bits per heavy atom. The average Bonchev–Trinajstić information content (AvgIpc) is 3.56. The van der Waals surface area contributed by atoms with Gasteiger partial charge in [0.1, 0.15) is 11.6 Å². The number of rotatable bonds is 3. The van der Waals surface area contributed by atoms with E-state index in [1.54, 1.807) is 0 Å². The standard InChI is InChI=1S/C37H48N6O3/c1-24-26(3)42-28-15-13-14-27(22-28)29-23-31-39-25(2)32(33(35(44)45-8)46-36(4,5)6)34(43(31)40-29)41-20-18-37(7,19-21-41)17-12-10-9-11-16-30(42)38-24/h9-10,13-15,22-23,33H,11-12,16-21H2,1-8H3/b10-9+/t33-/m0/s1. The molecule has 0 amide bonds. The molecule has 3 aliphatic rings. The molecule has 0 unspecified atom stereocenters. The third-order valence-electron chi connectivity index (χ3n) is 9.65. The lowest BCUT2D eigenvalue weighted by atomic mass is 9.76. The number of carbonyl (C=O) groups is 1. The summed E-state index contributed by atoms with van der Waals surface area (Å²) in [5.74, 6) is 1.48. The number of ether oxygens (including phenoxy) is 2. The molecule has 0 radical (unpaired) electrons. The Labute approximate surface area is 272 Å². The molecule has 46 heavy (non-hydrogen) atoms. The van der Waals surface area contributed by atoms with Crippen molar-refractivity contribution in [3.63, 3.8) is 0 Å². The van der Waals surface area contributed by atoms with Crippen LogP contribution in [0.4, 0.5) is 5.82 Å². The van der Waals surface area contributed by atoms with E-state index in [1.165, 1.54) is 7.11 Å². The largest absolute Gasteiger partial charge is 0.467 e. The van der Waals surface area contributed by atoms with Gasteiger partial charge in [-0.15, -0.1) is 0 Å². The van der Waals surface area contributed by atoms with Crippen LogP contribution in [0.1, 0.15) is 94.4 Å². The second-order valence-corrected chi connectivity index (χ2v) is 14.3. The number of allylic oxidation sites excluding steroid dienone is 2. The van der Waals surface area contributed by atoms with Crippen molar-refractivity contribution in [2.45, 2.75) is 98.7 Å². The van der Waals surface area contributed by atoms with Gasteiger partial charge in [-0.2, -0.15) is 9.61 Å². The molecule has 9 heteroatoms. The fraction of sp³-hybridized carbons (Fsp3) is 0.514. The number of imidazole rings is 1. The molecule has 3 aromatic heterocycles. The highest BCUT2D eigenvalue weighted by atomic mass is 16.6. The lowest BCUT2D eigenvalue weighted by Crippen LogP contribution is -2.41. The van der Waals surface area contributed by atoms with Crippen molar-refractivity contribution < 1.29 is 14.3 Å². The molecule has 0 N–H and O–H groups in total. The Balaban J connectivity index is 1.57. The number of anilines is 1. The van der Waals surface area contributed by atoms with E-state index in [-0.39, 0.29) is 5.41 Å². The summed E-state index contributed by atoms with van der Waals surface area (Å²) in [5, 5.41) is 5.20. The first-order valence-electron chi connectivity index (χ1n) is 16.6. The van der Waals surface area contributed by atoms with E-state index in [9.17, 15) is 4.79 Å². The molecule has 244 valence electrons. The Morgan fingerprint density at radius 3 is 2.43 bits per heavy atom. The second-order valence-electron chi connectivity index (χ2n) is 14.3. The molecule has 1 fully saturated rings. The third kappa shape index (κ3) is 6.21. The Hall–Kier alpha value is -3.98. The van der Waals surface area contributed by atoms with Gasteiger partial charge < -0.3 is 18.9 Å². The number of carbonyl (C=O) groups excluding carboxylic acids is 1. The van der Waals surface area contributed by atoms with E-state index < -0.39 is 17.7 Å². The molecule has 7 rings (SSSR count). The SMILES string of the molecule is COC(=O)[C@@H](OC(C)(C)C)c1c(C)nc2cc3nn2c1N1CCC(C)(CC/C=C/CCc2nc(C)c(C)n2-c2cccc-3c2)CC1. The highest BCUT2D eigenvalue weighted by Gasteiger charge is 2.38. The van der Waals surface area contributed by atoms with Crippen LogP contribution in [0.5, 0.6) is 0 Å². The molecule has 4 aromatic rings. The predicted molar refractivity (Wildman–Crippen MR) is 182 cm³/mol. The Morgan fingerprint density at radius 2 is 1.72 bits per heavy atom. The Kier molecular flexibility index (Phi) is 8.57. The van der Waals surface area contributed by atoms with Crippen molar-refractivity contribution in [2.75, 3.05) is 25.1 Å². The van der Waals surface area contributed by atoms with Crippen molar-refractivity contribution in [3.8, 4) is 16.9 Å². The normalized spacial score (nSPS) is 18.1. The minimum atomic E-state index is -0.946. The van der Waals surface area contributed by atoms with Gasteiger partial charge >= 0.3 is 5.97 Å². The highest BCUT2D eigenvalue weighted by molar-refractivity contribution is 5.80. The van der Waals surface area contributed by atoms with Crippen molar-refractivity contribution in [3.05, 3.63) is 71.0 Å². The average molecular weight is 625 g/mol. The van der Waals surface area contributed by atoms with Gasteiger partial charge in [0, 0.05) is 48.2 Å². The summed E-state index contributed by atoms with van der Waals surface area (Å²) in [7, 11) is 1.41. The summed E-state index contributed by atoms with van der Waals surface area (Å²) in [6.07, 6.45) is 9.84. The number of hydrogen-bond donors (Lipinski definition) is 0. The zero-order chi connectivity index (χ0) is 32.8. The maximum Gasteiger partial charge on any atom is 0.339 e. The zero-order valence-electron chi connectivity index (χ0n) is 28.7. The second kappa shape index (κ2) is 12.3. The van der Waals surface area contributed by atoms with E-state index in [0.29, 0.717) is 5.56 Å². The molecule has 1 atom stereocenters. The first-order valence-corrected chi connectivity index (χ1v) is 16.6. The predicted octanol–water partition coefficient (Wildman–Crippen LogP) is 7.43. The molecule has 1 aromatic carbocycles. The first-order chi connectivity index (χ1) is 21.9. The van der Waals surface area contributed by atoms with Crippen LogP contribution in [0.15, 0.2) is 42.5 Å². The topological polar surface area (TPSA) is 86.8 Å². The summed E-state index contributed by atoms with van der Waals surface area (Å²) in [5.41, 5.74) is 6.89. The molecular formula is C37H48N6O3. The molecule has 3 aliphatic heterocycles. The van der Waals surface area contributed by atoms with E-state index in [2.05, 4.69) is 66.7 Å². The first kappa shape index (κ1) is 32.0. The summed E-state index contributed by atoms with van der Waals surface area (Å²) >= 11 is 0. The van der Waals surface area contributed by atoms with Crippen molar-refractivity contribution in [1.82, 2.24) is 24.1 Å². The number of hydrogen-bond acceptors (Lipinski definition) is 7. The van der Waals surface area contributed by atoms with Gasteiger partial charge in [0.05, 0.1) is 29.7 Å². The number of nitrogens with zero attached hydrogens (tertiary/aromatic N) is 6. The van der Waals surface area contributed by atoms with Gasteiger partial charge in [-0.25, -0.2) is 14.8 Å². The third-order valence-corrected chi connectivity index (χ3v) is 9.65. The summed E-state index contributed by atoms with van der Waals surface area (Å²) in [6, 6.07) is 10.5. The molecule has 0 spiro atoms. The maximum atomic E-state index is 13.4. The highest BCUT2D eigenvalue weighted by Crippen LogP contribution is 2.41. The molecular weight excluding hydrogens is 576 g/mol. The van der Waals surface area contributed by atoms with Crippen LogP contribution >= 0.6 is 0 Å². The lowest BCUT2D eigenvalue weighted by Gasteiger charge is -2.41. The number of aryl methyl sites for hydroxylation is 3. The van der Waals surface area contributed by atoms with Gasteiger partial charge in [-0.05, 0) is 91.2 Å². The maximum absolute atomic E-state index is 13.4. The minimum Gasteiger partial charge on any atom is -0.467 e. The number of benzene rings is 1. The molecule has 6 heterocycles. The molecule has 1 saturated heterocycles. The van der Waals surface area contributed by atoms with Crippen LogP contribution in [0, 0.1) is 26.2 Å². The fourth-order valence-electron chi connectivity index (χ4n) is 6.94. The summed E-state index contributed by atoms with van der Waals surface area (Å²) < 4.78 is 15.9. The number of methoxy groups -OCH3 is 1. The lowest BCUT2D eigenvalue weighted by molar-refractivity contribution is -0.164. The summed E-state index contributed by atoms with van der Waals surface area (Å²) in [6.45, 7) is 16.1. The number of esters is 1. The summed E-state index contributed by atoms with van der Waals surface area (Å²) in [4.78, 5) is 25.7. The van der Waals surface area contributed by atoms with Crippen LogP contribution in [0.25, 0.3) is 22.6 Å². The van der Waals surface area contributed by atoms with Gasteiger partial charge in [0.2, 0.25) is 0 Å². The molecule has 6 bridgehead atoms. The molecule has 0 saturated carbocycles. The van der Waals surface area contributed by atoms with Crippen LogP contribution < -0.4 is 4.90 Å². The van der Waals surface area contributed by atoms with Gasteiger partial charge in [0.15, 0.2) is 11.8 Å². The molecule has 0 aliphatic carbocycles. The van der Waals surface area contributed by atoms with Crippen molar-refractivity contribution in [2.24, 2.45) is 5.41 Å².